The van der Waals surface area contributed by atoms with Crippen LogP contribution in [0.5, 0.6) is 5.75 Å². The van der Waals surface area contributed by atoms with Crippen molar-refractivity contribution in [1.82, 2.24) is 19.5 Å². The molecule has 0 saturated carbocycles. The number of ether oxygens (including phenoxy) is 1. The van der Waals surface area contributed by atoms with Crippen LogP contribution in [0.1, 0.15) is 5.82 Å². The zero-order valence-corrected chi connectivity index (χ0v) is 15.7. The summed E-state index contributed by atoms with van der Waals surface area (Å²) in [5.41, 5.74) is 5.86. The first-order valence-corrected chi connectivity index (χ1v) is 8.72. The fourth-order valence-electron chi connectivity index (χ4n) is 2.96. The zero-order chi connectivity index (χ0) is 22.3. The van der Waals surface area contributed by atoms with Crippen molar-refractivity contribution in [3.05, 3.63) is 59.7 Å². The van der Waals surface area contributed by atoms with Gasteiger partial charge in [0.25, 0.3) is 0 Å². The van der Waals surface area contributed by atoms with E-state index in [1.807, 2.05) is 0 Å². The number of hydrogen-bond acceptors (Lipinski definition) is 6. The minimum Gasteiger partial charge on any atom is -0.435 e. The van der Waals surface area contributed by atoms with Crippen LogP contribution in [-0.4, -0.2) is 26.1 Å². The Bertz CT molecular complexity index is 1280. The van der Waals surface area contributed by atoms with Gasteiger partial charge < -0.3 is 15.8 Å². The van der Waals surface area contributed by atoms with Crippen molar-refractivity contribution in [2.75, 3.05) is 11.1 Å². The van der Waals surface area contributed by atoms with E-state index >= 15 is 0 Å². The minimum absolute atomic E-state index is 0.0282. The van der Waals surface area contributed by atoms with Crippen LogP contribution in [0.3, 0.4) is 0 Å². The molecule has 3 N–H and O–H groups in total. The summed E-state index contributed by atoms with van der Waals surface area (Å²) < 4.78 is 72.3. The molecular formula is C19H13F5N6O. The number of anilines is 3. The Hall–Kier alpha value is -3.96. The number of nitrogens with two attached hydrogens (primary N) is 1. The lowest BCUT2D eigenvalue weighted by molar-refractivity contribution is -0.0498. The number of aryl methyl sites for hydroxylation is 1. The Morgan fingerprint density at radius 1 is 1.03 bits per heavy atom. The maximum Gasteiger partial charge on any atom is 0.387 e. The summed E-state index contributed by atoms with van der Waals surface area (Å²) in [7, 11) is 0. The van der Waals surface area contributed by atoms with Crippen LogP contribution in [0.2, 0.25) is 0 Å². The van der Waals surface area contributed by atoms with E-state index in [0.717, 1.165) is 6.07 Å². The first kappa shape index (κ1) is 20.3. The lowest BCUT2D eigenvalue weighted by Crippen LogP contribution is -2.11. The third-order valence-corrected chi connectivity index (χ3v) is 4.25. The molecule has 0 bridgehead atoms. The summed E-state index contributed by atoms with van der Waals surface area (Å²) in [5, 5.41) is 2.66. The predicted molar refractivity (Wildman–Crippen MR) is 102 cm³/mol. The molecule has 12 heteroatoms. The Labute approximate surface area is 171 Å². The van der Waals surface area contributed by atoms with Crippen LogP contribution in [0, 0.1) is 24.4 Å². The first-order valence-electron chi connectivity index (χ1n) is 8.72. The van der Waals surface area contributed by atoms with Gasteiger partial charge in [0.2, 0.25) is 11.8 Å². The number of halogens is 5. The predicted octanol–water partition coefficient (Wildman–Crippen LogP) is 4.47. The number of benzene rings is 2. The number of hydrogen-bond donors (Lipinski definition) is 2. The van der Waals surface area contributed by atoms with Crippen LogP contribution in [-0.2, 0) is 0 Å². The van der Waals surface area contributed by atoms with Gasteiger partial charge in [-0.05, 0) is 31.2 Å². The number of alkyl halides is 2. The van der Waals surface area contributed by atoms with Gasteiger partial charge in [-0.3, -0.25) is 4.57 Å². The van der Waals surface area contributed by atoms with E-state index in [-0.39, 0.29) is 40.1 Å². The molecule has 0 fully saturated rings. The Balaban J connectivity index is 1.76. The lowest BCUT2D eigenvalue weighted by atomic mass is 10.3. The van der Waals surface area contributed by atoms with Gasteiger partial charge in [-0.2, -0.15) is 23.1 Å². The van der Waals surface area contributed by atoms with Crippen molar-refractivity contribution < 1.29 is 26.7 Å². The maximum absolute atomic E-state index is 14.5. The molecule has 4 aromatic rings. The summed E-state index contributed by atoms with van der Waals surface area (Å²) in [6, 6.07) is 6.94. The van der Waals surface area contributed by atoms with Gasteiger partial charge >= 0.3 is 6.61 Å². The van der Waals surface area contributed by atoms with Crippen molar-refractivity contribution in [2.45, 2.75) is 13.5 Å². The van der Waals surface area contributed by atoms with Crippen LogP contribution in [0.15, 0.2) is 36.4 Å². The molecule has 0 aliphatic heterocycles. The van der Waals surface area contributed by atoms with Gasteiger partial charge in [0.1, 0.15) is 22.9 Å². The second-order valence-electron chi connectivity index (χ2n) is 6.35. The Morgan fingerprint density at radius 3 is 2.42 bits per heavy atom. The van der Waals surface area contributed by atoms with E-state index in [1.165, 1.54) is 35.8 Å². The molecule has 160 valence electrons. The second kappa shape index (κ2) is 7.70. The third kappa shape index (κ3) is 3.91. The molecule has 31 heavy (non-hydrogen) atoms. The molecule has 0 amide bonds. The third-order valence-electron chi connectivity index (χ3n) is 4.25. The molecule has 0 aliphatic rings. The van der Waals surface area contributed by atoms with Crippen LogP contribution in [0.25, 0.3) is 17.0 Å². The van der Waals surface area contributed by atoms with Crippen LogP contribution >= 0.6 is 0 Å². The van der Waals surface area contributed by atoms with Gasteiger partial charge in [0.05, 0.1) is 5.52 Å². The smallest absolute Gasteiger partial charge is 0.387 e. The van der Waals surface area contributed by atoms with Gasteiger partial charge in [-0.25, -0.2) is 13.8 Å². The largest absolute Gasteiger partial charge is 0.435 e. The van der Waals surface area contributed by atoms with Gasteiger partial charge in [-0.1, -0.05) is 0 Å². The van der Waals surface area contributed by atoms with E-state index in [1.54, 1.807) is 0 Å². The zero-order valence-electron chi connectivity index (χ0n) is 15.7. The van der Waals surface area contributed by atoms with E-state index in [2.05, 4.69) is 25.0 Å². The Kier molecular flexibility index (Phi) is 5.05. The average molecular weight is 436 g/mol. The standard InChI is InChI=1S/C19H13F5N6O/c1-8-26-15-12(21)6-9(20)7-13(15)30(8)19-28-16(25)14(22)17(29-19)27-10-2-4-11(5-3-10)31-18(23)24/h2-7,18H,1H3,(H3,25,27,28,29). The molecule has 2 aromatic heterocycles. The molecular weight excluding hydrogens is 423 g/mol. The normalized spacial score (nSPS) is 11.3. The van der Waals surface area contributed by atoms with E-state index in [4.69, 9.17) is 5.73 Å². The molecule has 0 aliphatic carbocycles. The molecule has 4 rings (SSSR count). The SMILES string of the molecule is Cc1nc2c(F)cc(F)cc2n1-c1nc(N)c(F)c(Nc2ccc(OC(F)F)cc2)n1. The maximum atomic E-state index is 14.5. The molecule has 2 aromatic carbocycles. The van der Waals surface area contributed by atoms with Gasteiger partial charge in [0, 0.05) is 17.8 Å². The molecule has 7 nitrogen and oxygen atoms in total. The molecule has 0 spiro atoms. The summed E-state index contributed by atoms with van der Waals surface area (Å²) in [6.07, 6.45) is 0. The highest BCUT2D eigenvalue weighted by Gasteiger charge is 2.20. The topological polar surface area (TPSA) is 90.9 Å². The number of fused-ring (bicyclic) bond motifs is 1. The minimum atomic E-state index is -2.98. The summed E-state index contributed by atoms with van der Waals surface area (Å²) >= 11 is 0. The fraction of sp³-hybridized carbons (Fsp3) is 0.105. The van der Waals surface area contributed by atoms with E-state index in [9.17, 15) is 22.0 Å². The van der Waals surface area contributed by atoms with Crippen molar-refractivity contribution in [3.8, 4) is 11.7 Å². The summed E-state index contributed by atoms with van der Waals surface area (Å²) in [5.74, 6) is -3.62. The van der Waals surface area contributed by atoms with Crippen molar-refractivity contribution in [2.24, 2.45) is 0 Å². The van der Waals surface area contributed by atoms with Crippen molar-refractivity contribution >= 4 is 28.4 Å². The number of imidazole rings is 1. The molecule has 0 radical (unpaired) electrons. The number of aromatic nitrogens is 4. The highest BCUT2D eigenvalue weighted by molar-refractivity contribution is 5.78. The van der Waals surface area contributed by atoms with E-state index in [0.29, 0.717) is 6.07 Å². The Morgan fingerprint density at radius 2 is 1.74 bits per heavy atom. The first-order chi connectivity index (χ1) is 14.7. The summed E-state index contributed by atoms with van der Waals surface area (Å²) in [6.45, 7) is -1.47. The quantitative estimate of drug-likeness (QED) is 0.449. The number of rotatable bonds is 5. The molecule has 0 saturated heterocycles. The molecule has 2 heterocycles. The highest BCUT2D eigenvalue weighted by Crippen LogP contribution is 2.27. The second-order valence-corrected chi connectivity index (χ2v) is 6.35. The lowest BCUT2D eigenvalue weighted by Gasteiger charge is -2.12. The van der Waals surface area contributed by atoms with Gasteiger partial charge in [0.15, 0.2) is 17.5 Å². The van der Waals surface area contributed by atoms with Crippen LogP contribution < -0.4 is 15.8 Å². The van der Waals surface area contributed by atoms with Crippen molar-refractivity contribution in [3.63, 3.8) is 0 Å². The number of nitrogen functional groups attached to an aromatic ring is 1. The highest BCUT2D eigenvalue weighted by atomic mass is 19.3. The average Bonchev–Trinajstić information content (AvgIpc) is 3.02. The fourth-order valence-corrected chi connectivity index (χ4v) is 2.96. The van der Waals surface area contributed by atoms with Crippen molar-refractivity contribution in [1.29, 1.82) is 0 Å². The monoisotopic (exact) mass is 436 g/mol. The van der Waals surface area contributed by atoms with Gasteiger partial charge in [-0.15, -0.1) is 0 Å². The summed E-state index contributed by atoms with van der Waals surface area (Å²) in [4.78, 5) is 12.0. The van der Waals surface area contributed by atoms with Crippen LogP contribution in [0.4, 0.5) is 39.3 Å². The number of nitrogens with one attached hydrogen (secondary N) is 1. The molecule has 0 unspecified atom stereocenters. The molecule has 0 atom stereocenters. The number of nitrogens with zero attached hydrogens (tertiary/aromatic N) is 4. The van der Waals surface area contributed by atoms with E-state index < -0.39 is 29.9 Å².